The van der Waals surface area contributed by atoms with Crippen LogP contribution in [0.4, 0.5) is 4.39 Å². The molecule has 2 aromatic carbocycles. The van der Waals surface area contributed by atoms with E-state index in [2.05, 4.69) is 6.58 Å². The van der Waals surface area contributed by atoms with Crippen LogP contribution in [0.3, 0.4) is 0 Å². The number of hydrogen-bond donors (Lipinski definition) is 1. The van der Waals surface area contributed by atoms with Crippen molar-refractivity contribution in [2.45, 2.75) is 6.04 Å². The van der Waals surface area contributed by atoms with E-state index in [0.29, 0.717) is 31.0 Å². The van der Waals surface area contributed by atoms with E-state index in [4.69, 9.17) is 4.74 Å². The number of amides is 1. The monoisotopic (exact) mass is 424 g/mol. The highest BCUT2D eigenvalue weighted by Crippen LogP contribution is 2.38. The minimum absolute atomic E-state index is 0.120. The van der Waals surface area contributed by atoms with Crippen LogP contribution < -0.4 is 14.7 Å². The Labute approximate surface area is 180 Å². The molecule has 1 fully saturated rings. The van der Waals surface area contributed by atoms with E-state index < -0.39 is 29.3 Å². The third-order valence-corrected chi connectivity index (χ3v) is 5.05. The van der Waals surface area contributed by atoms with Crippen molar-refractivity contribution in [3.63, 3.8) is 0 Å². The van der Waals surface area contributed by atoms with E-state index in [1.807, 2.05) is 14.1 Å². The van der Waals surface area contributed by atoms with Crippen molar-refractivity contribution < 1.29 is 28.7 Å². The normalized spacial score (nSPS) is 17.9. The van der Waals surface area contributed by atoms with Gasteiger partial charge in [-0.3, -0.25) is 9.59 Å². The summed E-state index contributed by atoms with van der Waals surface area (Å²) in [5.41, 5.74) is 0.670. The second-order valence-corrected chi connectivity index (χ2v) is 7.61. The van der Waals surface area contributed by atoms with Crippen LogP contribution in [0.2, 0.25) is 0 Å². The van der Waals surface area contributed by atoms with Crippen LogP contribution in [0.5, 0.6) is 5.75 Å². The highest BCUT2D eigenvalue weighted by atomic mass is 19.1. The molecular weight excluding hydrogens is 399 g/mol. The average molecular weight is 424 g/mol. The summed E-state index contributed by atoms with van der Waals surface area (Å²) in [4.78, 5) is 28.1. The topological polar surface area (TPSA) is 74.1 Å². The number of ketones is 1. The van der Waals surface area contributed by atoms with Crippen LogP contribution in [-0.2, 0) is 9.59 Å². The molecule has 2 aromatic rings. The quantitative estimate of drug-likeness (QED) is 0.294. The fourth-order valence-electron chi connectivity index (χ4n) is 3.45. The second-order valence-electron chi connectivity index (χ2n) is 7.61. The van der Waals surface area contributed by atoms with Gasteiger partial charge in [0.15, 0.2) is 0 Å². The lowest BCUT2D eigenvalue weighted by Crippen LogP contribution is -3.06. The van der Waals surface area contributed by atoms with Gasteiger partial charge in [-0.2, -0.15) is 0 Å². The van der Waals surface area contributed by atoms with Crippen molar-refractivity contribution in [2.24, 2.45) is 0 Å². The van der Waals surface area contributed by atoms with Crippen molar-refractivity contribution in [1.29, 1.82) is 0 Å². The summed E-state index contributed by atoms with van der Waals surface area (Å²) >= 11 is 0. The Bertz CT molecular complexity index is 997. The van der Waals surface area contributed by atoms with Crippen molar-refractivity contribution in [3.05, 3.63) is 83.7 Å². The summed E-state index contributed by atoms with van der Waals surface area (Å²) in [5.74, 6) is -1.94. The van der Waals surface area contributed by atoms with Crippen LogP contribution in [-0.4, -0.2) is 50.4 Å². The molecule has 0 saturated carbocycles. The van der Waals surface area contributed by atoms with Crippen molar-refractivity contribution in [2.75, 3.05) is 33.8 Å². The first-order valence-corrected chi connectivity index (χ1v) is 9.98. The fourth-order valence-corrected chi connectivity index (χ4v) is 3.45. The van der Waals surface area contributed by atoms with Crippen molar-refractivity contribution in [1.82, 2.24) is 4.90 Å². The third-order valence-electron chi connectivity index (χ3n) is 5.05. The van der Waals surface area contributed by atoms with Gasteiger partial charge in [0.25, 0.3) is 5.91 Å². The number of rotatable bonds is 8. The number of hydrogen-bond acceptors (Lipinski definition) is 4. The molecule has 1 aliphatic heterocycles. The molecule has 1 saturated heterocycles. The summed E-state index contributed by atoms with van der Waals surface area (Å²) in [6.45, 7) is 4.79. The zero-order chi connectivity index (χ0) is 22.5. The van der Waals surface area contributed by atoms with Crippen LogP contribution in [0.1, 0.15) is 17.2 Å². The maximum absolute atomic E-state index is 13.5. The van der Waals surface area contributed by atoms with Crippen LogP contribution >= 0.6 is 0 Å². The summed E-state index contributed by atoms with van der Waals surface area (Å²) < 4.78 is 18.9. The third kappa shape index (κ3) is 4.83. The molecule has 1 amide bonds. The number of nitrogens with zero attached hydrogens (tertiary/aromatic N) is 1. The molecule has 0 aliphatic carbocycles. The predicted molar refractivity (Wildman–Crippen MR) is 113 cm³/mol. The molecule has 31 heavy (non-hydrogen) atoms. The fraction of sp³-hybridized carbons (Fsp3) is 0.250. The molecule has 1 aliphatic rings. The largest absolute Gasteiger partial charge is 0.872 e. The molecule has 0 aromatic heterocycles. The maximum atomic E-state index is 13.5. The maximum Gasteiger partial charge on any atom is 0.295 e. The van der Waals surface area contributed by atoms with Gasteiger partial charge >= 0.3 is 0 Å². The van der Waals surface area contributed by atoms with Gasteiger partial charge in [0, 0.05) is 5.57 Å². The molecular formula is C24H25FN2O4. The van der Waals surface area contributed by atoms with E-state index >= 15 is 0 Å². The number of benzene rings is 2. The van der Waals surface area contributed by atoms with E-state index in [9.17, 15) is 19.1 Å². The summed E-state index contributed by atoms with van der Waals surface area (Å²) in [5, 5.41) is 13.3. The Hall–Kier alpha value is -3.45. The molecule has 1 atom stereocenters. The number of likely N-dealkylation sites (N-methyl/N-ethyl adjacent to an activating group) is 1. The lowest BCUT2D eigenvalue weighted by atomic mass is 9.95. The molecule has 1 N–H and O–H groups in total. The molecule has 1 heterocycles. The minimum Gasteiger partial charge on any atom is -0.872 e. The molecule has 3 rings (SSSR count). The van der Waals surface area contributed by atoms with Gasteiger partial charge in [0.2, 0.25) is 5.78 Å². The molecule has 7 heteroatoms. The van der Waals surface area contributed by atoms with Gasteiger partial charge in [-0.05, 0) is 35.4 Å². The Morgan fingerprint density at radius 1 is 1.16 bits per heavy atom. The molecule has 6 nitrogen and oxygen atoms in total. The number of likely N-dealkylation sites (tertiary alicyclic amines) is 1. The minimum atomic E-state index is -0.857. The predicted octanol–water partition coefficient (Wildman–Crippen LogP) is 0.759. The van der Waals surface area contributed by atoms with Gasteiger partial charge in [-0.1, -0.05) is 42.7 Å². The van der Waals surface area contributed by atoms with E-state index in [-0.39, 0.29) is 11.1 Å². The summed E-state index contributed by atoms with van der Waals surface area (Å²) in [7, 11) is 3.86. The van der Waals surface area contributed by atoms with Crippen LogP contribution in [0, 0.1) is 5.82 Å². The van der Waals surface area contributed by atoms with E-state index in [0.717, 1.165) is 4.90 Å². The Balaban J connectivity index is 2.05. The number of quaternary nitrogens is 1. The molecule has 162 valence electrons. The Kier molecular flexibility index (Phi) is 6.87. The average Bonchev–Trinajstić information content (AvgIpc) is 3.01. The number of Topliss-reactive ketones (excluding diaryl/α,β-unsaturated/α-hetero) is 1. The number of nitrogens with one attached hydrogen (secondary N) is 1. The zero-order valence-electron chi connectivity index (χ0n) is 17.6. The van der Waals surface area contributed by atoms with E-state index in [1.54, 1.807) is 30.3 Å². The Morgan fingerprint density at radius 2 is 1.81 bits per heavy atom. The van der Waals surface area contributed by atoms with Gasteiger partial charge in [-0.15, -0.1) is 0 Å². The first kappa shape index (κ1) is 22.2. The molecule has 0 bridgehead atoms. The van der Waals surface area contributed by atoms with Gasteiger partial charge in [0.05, 0.1) is 33.2 Å². The van der Waals surface area contributed by atoms with Crippen molar-refractivity contribution >= 4 is 17.4 Å². The zero-order valence-corrected chi connectivity index (χ0v) is 17.6. The summed E-state index contributed by atoms with van der Waals surface area (Å²) in [6.07, 6.45) is 1.61. The first-order valence-electron chi connectivity index (χ1n) is 9.98. The highest BCUT2D eigenvalue weighted by Gasteiger charge is 2.44. The number of halogens is 1. The molecule has 0 radical (unpaired) electrons. The Morgan fingerprint density at radius 3 is 2.39 bits per heavy atom. The first-order chi connectivity index (χ1) is 14.8. The lowest BCUT2D eigenvalue weighted by Gasteiger charge is -2.27. The van der Waals surface area contributed by atoms with Crippen LogP contribution in [0.15, 0.2) is 66.8 Å². The smallest absolute Gasteiger partial charge is 0.295 e. The number of ether oxygens (including phenoxy) is 1. The van der Waals surface area contributed by atoms with E-state index in [1.165, 1.54) is 29.2 Å². The SMILES string of the molecule is C=CCOc1ccc(C([O-])=C2C(=O)C(=O)N(CC[NH+](C)C)C2c2ccc(F)cc2)cc1. The van der Waals surface area contributed by atoms with Gasteiger partial charge in [0.1, 0.15) is 18.2 Å². The van der Waals surface area contributed by atoms with Gasteiger partial charge < -0.3 is 19.6 Å². The lowest BCUT2D eigenvalue weighted by molar-refractivity contribution is -0.857. The van der Waals surface area contributed by atoms with Gasteiger partial charge in [-0.25, -0.2) is 4.39 Å². The van der Waals surface area contributed by atoms with Crippen LogP contribution in [0.25, 0.3) is 5.76 Å². The molecule has 1 unspecified atom stereocenters. The highest BCUT2D eigenvalue weighted by molar-refractivity contribution is 6.46. The number of carbonyl (C=O) groups is 2. The number of carbonyl (C=O) groups excluding carboxylic acids is 2. The summed E-state index contributed by atoms with van der Waals surface area (Å²) in [6, 6.07) is 11.0. The second kappa shape index (κ2) is 9.57. The van der Waals surface area contributed by atoms with Crippen molar-refractivity contribution in [3.8, 4) is 5.75 Å². The standard InChI is InChI=1S/C24H25FN2O4/c1-4-15-31-19-11-7-17(8-12-19)22(28)20-21(16-5-9-18(25)10-6-16)27(14-13-26(2)3)24(30)23(20)29/h4-12,21,28H,1,13-15H2,2-3H3. The molecule has 0 spiro atoms.